The van der Waals surface area contributed by atoms with E-state index in [1.807, 2.05) is 18.7 Å². The van der Waals surface area contributed by atoms with Crippen molar-refractivity contribution in [1.82, 2.24) is 4.90 Å². The van der Waals surface area contributed by atoms with Crippen LogP contribution in [0.15, 0.2) is 23.2 Å². The van der Waals surface area contributed by atoms with Gasteiger partial charge < -0.3 is 10.2 Å². The van der Waals surface area contributed by atoms with Gasteiger partial charge in [0.1, 0.15) is 5.25 Å². The molecule has 1 heterocycles. The summed E-state index contributed by atoms with van der Waals surface area (Å²) in [7, 11) is 0. The van der Waals surface area contributed by atoms with Gasteiger partial charge in [0.2, 0.25) is 5.91 Å². The fourth-order valence-corrected chi connectivity index (χ4v) is 3.65. The maximum atomic E-state index is 12.2. The van der Waals surface area contributed by atoms with Crippen molar-refractivity contribution >= 4 is 57.6 Å². The van der Waals surface area contributed by atoms with E-state index in [4.69, 9.17) is 23.2 Å². The molecule has 8 heteroatoms. The smallest absolute Gasteiger partial charge is 0.262 e. The Hall–Kier alpha value is -1.24. The second kappa shape index (κ2) is 8.04. The van der Waals surface area contributed by atoms with Gasteiger partial charge in [0.15, 0.2) is 5.17 Å². The molecule has 1 aromatic carbocycles. The molecule has 0 unspecified atom stereocenters. The number of hydrogen-bond acceptors (Lipinski definition) is 4. The number of amidine groups is 1. The second-order valence-electron chi connectivity index (χ2n) is 4.87. The summed E-state index contributed by atoms with van der Waals surface area (Å²) >= 11 is 13.3. The molecule has 5 nitrogen and oxygen atoms in total. The van der Waals surface area contributed by atoms with E-state index in [0.29, 0.717) is 15.9 Å². The van der Waals surface area contributed by atoms with E-state index >= 15 is 0 Å². The quantitative estimate of drug-likeness (QED) is 0.855. The van der Waals surface area contributed by atoms with Gasteiger partial charge >= 0.3 is 0 Å². The van der Waals surface area contributed by atoms with Crippen molar-refractivity contribution in [2.75, 3.05) is 18.4 Å². The summed E-state index contributed by atoms with van der Waals surface area (Å²) in [5, 5.41) is 3.52. The van der Waals surface area contributed by atoms with Crippen LogP contribution in [-0.2, 0) is 9.59 Å². The first-order chi connectivity index (χ1) is 11.0. The van der Waals surface area contributed by atoms with Crippen molar-refractivity contribution in [2.45, 2.75) is 25.5 Å². The Kier molecular flexibility index (Phi) is 6.33. The monoisotopic (exact) mass is 373 g/mol. The average Bonchev–Trinajstić information content (AvgIpc) is 2.86. The Labute approximate surface area is 149 Å². The molecule has 0 bridgehead atoms. The third kappa shape index (κ3) is 4.40. The lowest BCUT2D eigenvalue weighted by atomic mass is 10.2. The topological polar surface area (TPSA) is 61.8 Å². The molecule has 1 atom stereocenters. The van der Waals surface area contributed by atoms with Crippen molar-refractivity contribution in [3.05, 3.63) is 28.2 Å². The van der Waals surface area contributed by atoms with Gasteiger partial charge in [-0.3, -0.25) is 9.59 Å². The molecule has 0 radical (unpaired) electrons. The number of benzene rings is 1. The number of hydrogen-bond donors (Lipinski definition) is 1. The Balaban J connectivity index is 1.97. The van der Waals surface area contributed by atoms with Gasteiger partial charge in [-0.15, -0.1) is 0 Å². The van der Waals surface area contributed by atoms with Crippen LogP contribution in [0.4, 0.5) is 5.69 Å². The third-order valence-electron chi connectivity index (χ3n) is 3.36. The maximum absolute atomic E-state index is 12.2. The lowest BCUT2D eigenvalue weighted by molar-refractivity contribution is -0.121. The molecule has 1 aliphatic heterocycles. The van der Waals surface area contributed by atoms with Gasteiger partial charge in [-0.1, -0.05) is 41.0 Å². The minimum Gasteiger partial charge on any atom is -0.352 e. The van der Waals surface area contributed by atoms with Crippen molar-refractivity contribution < 1.29 is 9.59 Å². The van der Waals surface area contributed by atoms with Crippen LogP contribution in [0.25, 0.3) is 0 Å². The van der Waals surface area contributed by atoms with Gasteiger partial charge in [0.05, 0.1) is 15.7 Å². The average molecular weight is 374 g/mol. The van der Waals surface area contributed by atoms with Gasteiger partial charge in [-0.05, 0) is 26.0 Å². The molecule has 1 N–H and O–H groups in total. The summed E-state index contributed by atoms with van der Waals surface area (Å²) in [6, 6.07) is 4.99. The fraction of sp³-hybridized carbons (Fsp3) is 0.400. The number of nitrogens with zero attached hydrogens (tertiary/aromatic N) is 2. The predicted molar refractivity (Wildman–Crippen MR) is 96.5 cm³/mol. The molecule has 1 aliphatic rings. The first kappa shape index (κ1) is 18.1. The number of nitrogens with one attached hydrogen (secondary N) is 1. The van der Waals surface area contributed by atoms with E-state index in [-0.39, 0.29) is 23.3 Å². The van der Waals surface area contributed by atoms with Crippen LogP contribution in [0.2, 0.25) is 10.0 Å². The molecule has 2 rings (SSSR count). The summed E-state index contributed by atoms with van der Waals surface area (Å²) < 4.78 is 0. The standard InChI is InChI=1S/C15H17Cl2N3O2S/c1-3-20(4-2)15-19-14(22)11(23-15)8-12(21)18-10-7-5-6-9(16)13(10)17/h5-7,11H,3-4,8H2,1-2H3,(H,18,21)/t11-/m0/s1. The molecule has 2 amide bonds. The highest BCUT2D eigenvalue weighted by Gasteiger charge is 2.32. The van der Waals surface area contributed by atoms with Crippen molar-refractivity contribution in [3.63, 3.8) is 0 Å². The summed E-state index contributed by atoms with van der Waals surface area (Å²) in [6.45, 7) is 5.54. The van der Waals surface area contributed by atoms with E-state index in [1.54, 1.807) is 18.2 Å². The number of rotatable bonds is 5. The number of aliphatic imine (C=N–C) groups is 1. The van der Waals surface area contributed by atoms with E-state index in [1.165, 1.54) is 11.8 Å². The molecule has 0 saturated carbocycles. The predicted octanol–water partition coefficient (Wildman–Crippen LogP) is 3.66. The maximum Gasteiger partial charge on any atom is 0.262 e. The van der Waals surface area contributed by atoms with Crippen molar-refractivity contribution in [3.8, 4) is 0 Å². The molecular formula is C15H17Cl2N3O2S. The van der Waals surface area contributed by atoms with E-state index < -0.39 is 5.25 Å². The van der Waals surface area contributed by atoms with Gasteiger partial charge in [-0.2, -0.15) is 4.99 Å². The van der Waals surface area contributed by atoms with Crippen LogP contribution in [-0.4, -0.2) is 40.2 Å². The molecule has 0 fully saturated rings. The Bertz CT molecular complexity index is 648. The minimum atomic E-state index is -0.497. The van der Waals surface area contributed by atoms with Gasteiger partial charge in [0.25, 0.3) is 5.91 Å². The van der Waals surface area contributed by atoms with Gasteiger partial charge in [-0.25, -0.2) is 0 Å². The molecule has 0 aromatic heterocycles. The number of anilines is 1. The molecule has 0 spiro atoms. The largest absolute Gasteiger partial charge is 0.352 e. The Morgan fingerprint density at radius 2 is 2.04 bits per heavy atom. The second-order valence-corrected chi connectivity index (χ2v) is 6.82. The van der Waals surface area contributed by atoms with Crippen molar-refractivity contribution in [2.24, 2.45) is 4.99 Å². The lowest BCUT2D eigenvalue weighted by Gasteiger charge is -2.19. The highest BCUT2D eigenvalue weighted by atomic mass is 35.5. The van der Waals surface area contributed by atoms with Gasteiger partial charge in [0, 0.05) is 19.5 Å². The Morgan fingerprint density at radius 1 is 1.35 bits per heavy atom. The Morgan fingerprint density at radius 3 is 2.70 bits per heavy atom. The summed E-state index contributed by atoms with van der Waals surface area (Å²) in [5.74, 6) is -0.569. The summed E-state index contributed by atoms with van der Waals surface area (Å²) in [4.78, 5) is 30.2. The van der Waals surface area contributed by atoms with E-state index in [2.05, 4.69) is 10.3 Å². The van der Waals surface area contributed by atoms with E-state index in [0.717, 1.165) is 13.1 Å². The molecule has 0 saturated heterocycles. The normalized spacial score (nSPS) is 17.1. The lowest BCUT2D eigenvalue weighted by Crippen LogP contribution is -2.27. The number of halogens is 2. The molecule has 0 aliphatic carbocycles. The van der Waals surface area contributed by atoms with E-state index in [9.17, 15) is 9.59 Å². The minimum absolute atomic E-state index is 0.0423. The fourth-order valence-electron chi connectivity index (χ4n) is 2.11. The van der Waals surface area contributed by atoms with Crippen LogP contribution < -0.4 is 5.32 Å². The highest BCUT2D eigenvalue weighted by Crippen LogP contribution is 2.31. The number of carbonyl (C=O) groups is 2. The number of thioether (sulfide) groups is 1. The zero-order valence-electron chi connectivity index (χ0n) is 12.8. The van der Waals surface area contributed by atoms with Crippen LogP contribution in [0, 0.1) is 0 Å². The molecule has 23 heavy (non-hydrogen) atoms. The molecule has 1 aromatic rings. The highest BCUT2D eigenvalue weighted by molar-refractivity contribution is 8.15. The zero-order valence-corrected chi connectivity index (χ0v) is 15.1. The number of carbonyl (C=O) groups excluding carboxylic acids is 2. The van der Waals surface area contributed by atoms with Crippen LogP contribution in [0.5, 0.6) is 0 Å². The van der Waals surface area contributed by atoms with Crippen molar-refractivity contribution in [1.29, 1.82) is 0 Å². The first-order valence-electron chi connectivity index (χ1n) is 7.24. The van der Waals surface area contributed by atoms with Crippen LogP contribution in [0.3, 0.4) is 0 Å². The van der Waals surface area contributed by atoms with Crippen LogP contribution >= 0.6 is 35.0 Å². The zero-order chi connectivity index (χ0) is 17.0. The summed E-state index contributed by atoms with van der Waals surface area (Å²) in [6.07, 6.45) is 0.0423. The first-order valence-corrected chi connectivity index (χ1v) is 8.87. The summed E-state index contributed by atoms with van der Waals surface area (Å²) in [5.41, 5.74) is 0.435. The molecular weight excluding hydrogens is 357 g/mol. The number of amides is 2. The third-order valence-corrected chi connectivity index (χ3v) is 5.39. The molecule has 124 valence electrons. The van der Waals surface area contributed by atoms with Crippen LogP contribution in [0.1, 0.15) is 20.3 Å². The SMILES string of the molecule is CCN(CC)C1=NC(=O)[C@H](CC(=O)Nc2cccc(Cl)c2Cl)S1.